The Bertz CT molecular complexity index is 1420. The summed E-state index contributed by atoms with van der Waals surface area (Å²) >= 11 is 0. The zero-order valence-electron chi connectivity index (χ0n) is 18.3. The lowest BCUT2D eigenvalue weighted by Crippen LogP contribution is -2.34. The zero-order chi connectivity index (χ0) is 23.4. The maximum absolute atomic E-state index is 13.2. The SMILES string of the molecule is COc1ccc(OC)c(-n2c(=O)[nH]c3cc(C(=O)NCCc4ccccc4)ccc3c2=O)c1. The summed E-state index contributed by atoms with van der Waals surface area (Å²) in [7, 11) is 2.94. The van der Waals surface area contributed by atoms with Crippen molar-refractivity contribution < 1.29 is 14.3 Å². The van der Waals surface area contributed by atoms with E-state index in [4.69, 9.17) is 9.47 Å². The third kappa shape index (κ3) is 4.50. The van der Waals surface area contributed by atoms with E-state index < -0.39 is 11.2 Å². The third-order valence-electron chi connectivity index (χ3n) is 5.33. The lowest BCUT2D eigenvalue weighted by atomic mass is 10.1. The summed E-state index contributed by atoms with van der Waals surface area (Å²) in [6.45, 7) is 0.467. The van der Waals surface area contributed by atoms with E-state index in [1.807, 2.05) is 30.3 Å². The van der Waals surface area contributed by atoms with Crippen molar-refractivity contribution in [1.29, 1.82) is 0 Å². The van der Waals surface area contributed by atoms with Gasteiger partial charge in [0.25, 0.3) is 11.5 Å². The van der Waals surface area contributed by atoms with Crippen LogP contribution in [0.2, 0.25) is 0 Å². The molecule has 0 aliphatic heterocycles. The first-order valence-electron chi connectivity index (χ1n) is 10.4. The minimum atomic E-state index is -0.652. The maximum Gasteiger partial charge on any atom is 0.333 e. The van der Waals surface area contributed by atoms with Crippen LogP contribution in [0.5, 0.6) is 11.5 Å². The number of aromatic amines is 1. The second kappa shape index (κ2) is 9.44. The minimum Gasteiger partial charge on any atom is -0.497 e. The number of fused-ring (bicyclic) bond motifs is 1. The Hall–Kier alpha value is -4.33. The molecule has 1 heterocycles. The monoisotopic (exact) mass is 445 g/mol. The maximum atomic E-state index is 13.2. The van der Waals surface area contributed by atoms with Gasteiger partial charge in [0.15, 0.2) is 0 Å². The fourth-order valence-corrected chi connectivity index (χ4v) is 3.62. The van der Waals surface area contributed by atoms with Crippen LogP contribution >= 0.6 is 0 Å². The molecule has 0 atom stereocenters. The Balaban J connectivity index is 1.65. The highest BCUT2D eigenvalue weighted by Gasteiger charge is 2.16. The lowest BCUT2D eigenvalue weighted by Gasteiger charge is -2.13. The zero-order valence-corrected chi connectivity index (χ0v) is 18.3. The predicted molar refractivity (Wildman–Crippen MR) is 126 cm³/mol. The Kier molecular flexibility index (Phi) is 6.26. The van der Waals surface area contributed by atoms with Crippen LogP contribution in [0.3, 0.4) is 0 Å². The van der Waals surface area contributed by atoms with Crippen LogP contribution in [-0.2, 0) is 6.42 Å². The van der Waals surface area contributed by atoms with Crippen LogP contribution in [-0.4, -0.2) is 36.2 Å². The molecule has 0 bridgehead atoms. The van der Waals surface area contributed by atoms with E-state index in [-0.39, 0.29) is 22.5 Å². The molecule has 0 saturated heterocycles. The number of methoxy groups -OCH3 is 2. The van der Waals surface area contributed by atoms with Gasteiger partial charge in [0.05, 0.1) is 30.8 Å². The van der Waals surface area contributed by atoms with Gasteiger partial charge in [0, 0.05) is 18.2 Å². The van der Waals surface area contributed by atoms with Gasteiger partial charge in [0.2, 0.25) is 0 Å². The molecular formula is C25H23N3O5. The molecule has 0 aliphatic carbocycles. The van der Waals surface area contributed by atoms with Gasteiger partial charge in [-0.25, -0.2) is 9.36 Å². The molecule has 8 heteroatoms. The molecule has 0 aliphatic rings. The van der Waals surface area contributed by atoms with Gasteiger partial charge in [-0.1, -0.05) is 30.3 Å². The fourth-order valence-electron chi connectivity index (χ4n) is 3.62. The van der Waals surface area contributed by atoms with Crippen molar-refractivity contribution in [1.82, 2.24) is 14.9 Å². The molecule has 0 unspecified atom stereocenters. The van der Waals surface area contributed by atoms with Gasteiger partial charge in [-0.2, -0.15) is 0 Å². The van der Waals surface area contributed by atoms with Gasteiger partial charge in [-0.15, -0.1) is 0 Å². The van der Waals surface area contributed by atoms with Crippen LogP contribution in [0.1, 0.15) is 15.9 Å². The molecule has 3 aromatic carbocycles. The molecule has 4 rings (SSSR count). The van der Waals surface area contributed by atoms with E-state index in [2.05, 4.69) is 10.3 Å². The molecule has 168 valence electrons. The molecule has 0 radical (unpaired) electrons. The standard InChI is InChI=1S/C25H23N3O5/c1-32-18-9-11-22(33-2)21(15-18)28-24(30)19-10-8-17(14-20(19)27-25(28)31)23(29)26-13-12-16-6-4-3-5-7-16/h3-11,14-15H,12-13H2,1-2H3,(H,26,29)(H,27,31). The van der Waals surface area contributed by atoms with Gasteiger partial charge in [0.1, 0.15) is 11.5 Å². The van der Waals surface area contributed by atoms with Crippen molar-refractivity contribution >= 4 is 16.8 Å². The Morgan fingerprint density at radius 3 is 2.48 bits per heavy atom. The molecule has 1 amide bonds. The average Bonchev–Trinajstić information content (AvgIpc) is 2.84. The van der Waals surface area contributed by atoms with Crippen molar-refractivity contribution in [2.45, 2.75) is 6.42 Å². The van der Waals surface area contributed by atoms with Crippen molar-refractivity contribution in [2.24, 2.45) is 0 Å². The van der Waals surface area contributed by atoms with Crippen LogP contribution in [0, 0.1) is 0 Å². The highest BCUT2D eigenvalue weighted by molar-refractivity contribution is 5.97. The lowest BCUT2D eigenvalue weighted by molar-refractivity contribution is 0.0954. The predicted octanol–water partition coefficient (Wildman–Crippen LogP) is 2.67. The molecule has 2 N–H and O–H groups in total. The number of hydrogen-bond donors (Lipinski definition) is 2. The normalized spacial score (nSPS) is 10.7. The number of rotatable bonds is 7. The van der Waals surface area contributed by atoms with E-state index in [1.54, 1.807) is 24.3 Å². The third-order valence-corrected chi connectivity index (χ3v) is 5.33. The summed E-state index contributed by atoms with van der Waals surface area (Å²) in [6.07, 6.45) is 0.698. The number of ether oxygens (including phenoxy) is 2. The van der Waals surface area contributed by atoms with Gasteiger partial charge >= 0.3 is 5.69 Å². The van der Waals surface area contributed by atoms with E-state index >= 15 is 0 Å². The average molecular weight is 445 g/mol. The number of aromatic nitrogens is 2. The van der Waals surface area contributed by atoms with Crippen LogP contribution in [0.4, 0.5) is 0 Å². The summed E-state index contributed by atoms with van der Waals surface area (Å²) < 4.78 is 11.5. The second-order valence-corrected chi connectivity index (χ2v) is 7.36. The number of H-pyrrole nitrogens is 1. The van der Waals surface area contributed by atoms with E-state index in [1.165, 1.54) is 26.4 Å². The number of carbonyl (C=O) groups is 1. The highest BCUT2D eigenvalue weighted by atomic mass is 16.5. The van der Waals surface area contributed by atoms with Crippen molar-refractivity contribution in [3.05, 3.63) is 98.7 Å². The van der Waals surface area contributed by atoms with Crippen LogP contribution < -0.4 is 26.0 Å². The van der Waals surface area contributed by atoms with Crippen LogP contribution in [0.15, 0.2) is 76.3 Å². The number of nitrogens with one attached hydrogen (secondary N) is 2. The highest BCUT2D eigenvalue weighted by Crippen LogP contribution is 2.26. The molecule has 4 aromatic rings. The number of benzene rings is 3. The molecule has 0 saturated carbocycles. The Labute approximate surface area is 189 Å². The smallest absolute Gasteiger partial charge is 0.333 e. The fraction of sp³-hybridized carbons (Fsp3) is 0.160. The summed E-state index contributed by atoms with van der Waals surface area (Å²) in [5.41, 5.74) is 0.820. The quantitative estimate of drug-likeness (QED) is 0.455. The van der Waals surface area contributed by atoms with E-state index in [9.17, 15) is 14.4 Å². The first-order chi connectivity index (χ1) is 16.0. The Morgan fingerprint density at radius 2 is 1.76 bits per heavy atom. The summed E-state index contributed by atoms with van der Waals surface area (Å²) in [5, 5.41) is 3.13. The van der Waals surface area contributed by atoms with Gasteiger partial charge in [-0.3, -0.25) is 9.59 Å². The number of carbonyl (C=O) groups excluding carboxylic acids is 1. The summed E-state index contributed by atoms with van der Waals surface area (Å²) in [4.78, 5) is 41.3. The van der Waals surface area contributed by atoms with Crippen LogP contribution in [0.25, 0.3) is 16.6 Å². The van der Waals surface area contributed by atoms with Crippen molar-refractivity contribution in [3.8, 4) is 17.2 Å². The number of nitrogens with zero attached hydrogens (tertiary/aromatic N) is 1. The minimum absolute atomic E-state index is 0.257. The summed E-state index contributed by atoms with van der Waals surface area (Å²) in [6, 6.07) is 19.3. The second-order valence-electron chi connectivity index (χ2n) is 7.36. The summed E-state index contributed by atoms with van der Waals surface area (Å²) in [5.74, 6) is 0.532. The number of amides is 1. The topological polar surface area (TPSA) is 102 Å². The molecule has 0 spiro atoms. The van der Waals surface area contributed by atoms with E-state index in [0.29, 0.717) is 30.0 Å². The molecule has 0 fully saturated rings. The van der Waals surface area contributed by atoms with E-state index in [0.717, 1.165) is 10.1 Å². The molecular weight excluding hydrogens is 422 g/mol. The largest absolute Gasteiger partial charge is 0.497 e. The Morgan fingerprint density at radius 1 is 0.970 bits per heavy atom. The number of hydrogen-bond acceptors (Lipinski definition) is 5. The first-order valence-corrected chi connectivity index (χ1v) is 10.4. The van der Waals surface area contributed by atoms with Crippen molar-refractivity contribution in [3.63, 3.8) is 0 Å². The van der Waals surface area contributed by atoms with Gasteiger partial charge < -0.3 is 19.8 Å². The van der Waals surface area contributed by atoms with Crippen molar-refractivity contribution in [2.75, 3.05) is 20.8 Å². The molecule has 8 nitrogen and oxygen atoms in total. The molecule has 33 heavy (non-hydrogen) atoms. The molecule has 1 aromatic heterocycles. The first kappa shape index (κ1) is 21.9. The van der Waals surface area contributed by atoms with Gasteiger partial charge in [-0.05, 0) is 42.3 Å².